The molecule has 0 saturated carbocycles. The smallest absolute Gasteiger partial charge is 0.307 e. The summed E-state index contributed by atoms with van der Waals surface area (Å²) in [5.74, 6) is -0.408. The number of carboxylic acids is 1. The van der Waals surface area contributed by atoms with Crippen molar-refractivity contribution in [1.82, 2.24) is 0 Å². The highest BCUT2D eigenvalue weighted by Gasteiger charge is 2.31. The van der Waals surface area contributed by atoms with E-state index in [0.717, 1.165) is 24.8 Å². The first-order valence-corrected chi connectivity index (χ1v) is 8.92. The van der Waals surface area contributed by atoms with Crippen molar-refractivity contribution < 1.29 is 9.90 Å². The second-order valence-corrected chi connectivity index (χ2v) is 6.71. The van der Waals surface area contributed by atoms with Crippen LogP contribution in [-0.4, -0.2) is 11.1 Å². The Morgan fingerprint density at radius 1 is 0.958 bits per heavy atom. The van der Waals surface area contributed by atoms with Crippen molar-refractivity contribution in [2.24, 2.45) is 17.8 Å². The molecule has 0 amide bonds. The molecule has 0 spiro atoms. The van der Waals surface area contributed by atoms with Crippen molar-refractivity contribution >= 4 is 5.97 Å². The number of aryl methyl sites for hydroxylation is 1. The van der Waals surface area contributed by atoms with E-state index in [4.69, 9.17) is 0 Å². The van der Waals surface area contributed by atoms with Crippen LogP contribution >= 0.6 is 0 Å². The first-order chi connectivity index (χ1) is 11.6. The molecule has 2 rings (SSSR count). The zero-order chi connectivity index (χ0) is 17.4. The molecule has 3 unspecified atom stereocenters. The summed E-state index contributed by atoms with van der Waals surface area (Å²) in [7, 11) is 0. The van der Waals surface area contributed by atoms with E-state index in [2.05, 4.69) is 26.0 Å². The monoisotopic (exact) mass is 324 g/mol. The molecule has 128 valence electrons. The third kappa shape index (κ3) is 5.23. The molecule has 1 N–H and O–H groups in total. The van der Waals surface area contributed by atoms with E-state index in [1.807, 2.05) is 48.5 Å². The van der Waals surface area contributed by atoms with E-state index in [1.165, 1.54) is 5.56 Å². The van der Waals surface area contributed by atoms with Crippen LogP contribution in [0, 0.1) is 17.8 Å². The minimum Gasteiger partial charge on any atom is -0.481 e. The standard InChI is InChI=1S/C22H28O2/c1-3-17(2)20(15-14-18-10-6-4-7-11-18)21(22(23)24)16-19-12-8-5-9-13-19/h4-13,17,20-21H,3,14-16H2,1-2H3,(H,23,24). The second kappa shape index (κ2) is 9.27. The normalized spacial score (nSPS) is 14.8. The molecular formula is C22H28O2. The summed E-state index contributed by atoms with van der Waals surface area (Å²) in [5, 5.41) is 9.85. The SMILES string of the molecule is CCC(C)C(CCc1ccccc1)C(Cc1ccccc1)C(=O)O. The third-order valence-corrected chi connectivity index (χ3v) is 5.12. The number of aliphatic carboxylic acids is 1. The molecule has 2 aromatic carbocycles. The maximum atomic E-state index is 12.0. The van der Waals surface area contributed by atoms with Crippen molar-refractivity contribution in [2.45, 2.75) is 39.5 Å². The van der Waals surface area contributed by atoms with Gasteiger partial charge >= 0.3 is 5.97 Å². The molecule has 0 aliphatic rings. The number of rotatable bonds is 9. The lowest BCUT2D eigenvalue weighted by Gasteiger charge is -2.29. The number of benzene rings is 2. The number of carboxylic acid groups (broad SMARTS) is 1. The first kappa shape index (κ1) is 18.3. The van der Waals surface area contributed by atoms with Crippen LogP contribution in [0.4, 0.5) is 0 Å². The fourth-order valence-electron chi connectivity index (χ4n) is 3.45. The second-order valence-electron chi connectivity index (χ2n) is 6.71. The van der Waals surface area contributed by atoms with Crippen LogP contribution in [0.2, 0.25) is 0 Å². The summed E-state index contributed by atoms with van der Waals surface area (Å²) >= 11 is 0. The predicted octanol–water partition coefficient (Wildman–Crippen LogP) is 5.23. The molecule has 0 saturated heterocycles. The number of carbonyl (C=O) groups is 1. The van der Waals surface area contributed by atoms with Gasteiger partial charge in [-0.05, 0) is 42.2 Å². The van der Waals surface area contributed by atoms with E-state index < -0.39 is 5.97 Å². The first-order valence-electron chi connectivity index (χ1n) is 8.92. The van der Waals surface area contributed by atoms with Gasteiger partial charge in [0.15, 0.2) is 0 Å². The molecule has 0 aromatic heterocycles. The molecule has 2 nitrogen and oxygen atoms in total. The molecule has 0 aliphatic heterocycles. The van der Waals surface area contributed by atoms with E-state index in [-0.39, 0.29) is 11.8 Å². The minimum atomic E-state index is -0.669. The van der Waals surface area contributed by atoms with Crippen LogP contribution in [0.5, 0.6) is 0 Å². The van der Waals surface area contributed by atoms with Gasteiger partial charge in [-0.1, -0.05) is 80.9 Å². The van der Waals surface area contributed by atoms with E-state index in [9.17, 15) is 9.90 Å². The maximum Gasteiger partial charge on any atom is 0.307 e. The van der Waals surface area contributed by atoms with Crippen molar-refractivity contribution in [1.29, 1.82) is 0 Å². The Balaban J connectivity index is 2.14. The highest BCUT2D eigenvalue weighted by Crippen LogP contribution is 2.31. The van der Waals surface area contributed by atoms with Crippen LogP contribution in [0.3, 0.4) is 0 Å². The Morgan fingerprint density at radius 3 is 2.00 bits per heavy atom. The van der Waals surface area contributed by atoms with Gasteiger partial charge in [-0.15, -0.1) is 0 Å². The van der Waals surface area contributed by atoms with Crippen molar-refractivity contribution in [3.8, 4) is 0 Å². The topological polar surface area (TPSA) is 37.3 Å². The van der Waals surface area contributed by atoms with Crippen molar-refractivity contribution in [3.63, 3.8) is 0 Å². The quantitative estimate of drug-likeness (QED) is 0.686. The summed E-state index contributed by atoms with van der Waals surface area (Å²) in [6, 6.07) is 20.4. The van der Waals surface area contributed by atoms with E-state index >= 15 is 0 Å². The lowest BCUT2D eigenvalue weighted by Crippen LogP contribution is -2.30. The molecule has 0 aliphatic carbocycles. The highest BCUT2D eigenvalue weighted by atomic mass is 16.4. The summed E-state index contributed by atoms with van der Waals surface area (Å²) in [6.07, 6.45) is 3.48. The lowest BCUT2D eigenvalue weighted by molar-refractivity contribution is -0.144. The maximum absolute atomic E-state index is 12.0. The summed E-state index contributed by atoms with van der Waals surface area (Å²) in [5.41, 5.74) is 2.40. The number of hydrogen-bond acceptors (Lipinski definition) is 1. The molecule has 0 heterocycles. The Labute approximate surface area is 145 Å². The summed E-state index contributed by atoms with van der Waals surface area (Å²) in [4.78, 5) is 12.0. The van der Waals surface area contributed by atoms with Gasteiger partial charge in [0.25, 0.3) is 0 Å². The fraction of sp³-hybridized carbons (Fsp3) is 0.409. The van der Waals surface area contributed by atoms with E-state index in [1.54, 1.807) is 0 Å². The Bertz CT molecular complexity index is 606. The largest absolute Gasteiger partial charge is 0.481 e. The van der Waals surface area contributed by atoms with Crippen LogP contribution < -0.4 is 0 Å². The number of hydrogen-bond donors (Lipinski definition) is 1. The van der Waals surface area contributed by atoms with E-state index in [0.29, 0.717) is 12.3 Å². The van der Waals surface area contributed by atoms with Crippen molar-refractivity contribution in [3.05, 3.63) is 71.8 Å². The minimum absolute atomic E-state index is 0.188. The van der Waals surface area contributed by atoms with Gasteiger partial charge < -0.3 is 5.11 Å². The van der Waals surface area contributed by atoms with Gasteiger partial charge in [0, 0.05) is 0 Å². The molecule has 0 fully saturated rings. The highest BCUT2D eigenvalue weighted by molar-refractivity contribution is 5.70. The summed E-state index contributed by atoms with van der Waals surface area (Å²) in [6.45, 7) is 4.35. The van der Waals surface area contributed by atoms with Crippen molar-refractivity contribution in [2.75, 3.05) is 0 Å². The zero-order valence-electron chi connectivity index (χ0n) is 14.7. The zero-order valence-corrected chi connectivity index (χ0v) is 14.7. The Morgan fingerprint density at radius 2 is 1.50 bits per heavy atom. The molecule has 2 heteroatoms. The van der Waals surface area contributed by atoms with Crippen LogP contribution in [0.15, 0.2) is 60.7 Å². The molecule has 0 radical (unpaired) electrons. The van der Waals surface area contributed by atoms with Gasteiger partial charge in [0.2, 0.25) is 0 Å². The molecular weight excluding hydrogens is 296 g/mol. The average molecular weight is 324 g/mol. The van der Waals surface area contributed by atoms with Gasteiger partial charge in [0.05, 0.1) is 5.92 Å². The van der Waals surface area contributed by atoms with Gasteiger partial charge in [-0.25, -0.2) is 0 Å². The Kier molecular flexibility index (Phi) is 7.05. The van der Waals surface area contributed by atoms with Gasteiger partial charge in [0.1, 0.15) is 0 Å². The Hall–Kier alpha value is -2.09. The molecule has 3 atom stereocenters. The predicted molar refractivity (Wildman–Crippen MR) is 99.0 cm³/mol. The fourth-order valence-corrected chi connectivity index (χ4v) is 3.45. The third-order valence-electron chi connectivity index (χ3n) is 5.12. The van der Waals surface area contributed by atoms with Crippen LogP contribution in [0.25, 0.3) is 0 Å². The van der Waals surface area contributed by atoms with Crippen LogP contribution in [-0.2, 0) is 17.6 Å². The van der Waals surface area contributed by atoms with Gasteiger partial charge in [-0.3, -0.25) is 4.79 Å². The average Bonchev–Trinajstić information content (AvgIpc) is 2.62. The molecule has 0 bridgehead atoms. The van der Waals surface area contributed by atoms with Gasteiger partial charge in [-0.2, -0.15) is 0 Å². The molecule has 2 aromatic rings. The lowest BCUT2D eigenvalue weighted by atomic mass is 9.75. The molecule has 24 heavy (non-hydrogen) atoms. The van der Waals surface area contributed by atoms with Crippen LogP contribution in [0.1, 0.15) is 37.8 Å². The summed E-state index contributed by atoms with van der Waals surface area (Å²) < 4.78 is 0.